The van der Waals surface area contributed by atoms with Gasteiger partial charge in [-0.05, 0) is 42.5 Å². The van der Waals surface area contributed by atoms with E-state index in [1.54, 1.807) is 11.6 Å². The molecule has 2 N–H and O–H groups in total. The first-order valence-electron chi connectivity index (χ1n) is 8.38. The van der Waals surface area contributed by atoms with Gasteiger partial charge < -0.3 is 10.4 Å². The lowest BCUT2D eigenvalue weighted by molar-refractivity contribution is -0.137. The van der Waals surface area contributed by atoms with Gasteiger partial charge >= 0.3 is 5.97 Å². The average Bonchev–Trinajstić information content (AvgIpc) is 2.76. The molecule has 1 aromatic heterocycles. The minimum atomic E-state index is -0.739. The molecule has 1 atom stereocenters. The van der Waals surface area contributed by atoms with Gasteiger partial charge in [-0.2, -0.15) is 0 Å². The van der Waals surface area contributed by atoms with Crippen LogP contribution in [0.4, 0.5) is 5.69 Å². The Hall–Kier alpha value is -2.53. The maximum Gasteiger partial charge on any atom is 0.303 e. The number of hydrogen-bond donors (Lipinski definition) is 2. The topological polar surface area (TPSA) is 62.2 Å². The molecule has 25 heavy (non-hydrogen) atoms. The van der Waals surface area contributed by atoms with Crippen molar-refractivity contribution in [2.45, 2.75) is 31.7 Å². The first-order valence-corrected chi connectivity index (χ1v) is 8.85. The summed E-state index contributed by atoms with van der Waals surface area (Å²) in [6, 6.07) is 10.1. The molecule has 1 aliphatic rings. The van der Waals surface area contributed by atoms with Gasteiger partial charge in [0, 0.05) is 41.0 Å². The highest BCUT2D eigenvalue weighted by Gasteiger charge is 2.22. The number of hydrogen-bond acceptors (Lipinski definition) is 4. The van der Waals surface area contributed by atoms with Crippen LogP contribution < -0.4 is 5.32 Å². The SMILES string of the molecule is O=C(O)CCCCC=C1c2ccccc2NC(C=S)c2cnccc21. The van der Waals surface area contributed by atoms with Crippen molar-refractivity contribution in [3.8, 4) is 0 Å². The van der Waals surface area contributed by atoms with Crippen molar-refractivity contribution in [2.75, 3.05) is 5.32 Å². The van der Waals surface area contributed by atoms with Gasteiger partial charge in [0.15, 0.2) is 0 Å². The van der Waals surface area contributed by atoms with Gasteiger partial charge in [0.25, 0.3) is 0 Å². The van der Waals surface area contributed by atoms with Crippen LogP contribution in [0.15, 0.2) is 48.8 Å². The Kier molecular flexibility index (Phi) is 5.56. The molecular weight excluding hydrogens is 332 g/mol. The highest BCUT2D eigenvalue weighted by molar-refractivity contribution is 7.79. The Morgan fingerprint density at radius 1 is 1.24 bits per heavy atom. The predicted molar refractivity (Wildman–Crippen MR) is 104 cm³/mol. The monoisotopic (exact) mass is 352 g/mol. The number of nitrogens with one attached hydrogen (secondary N) is 1. The number of carboxylic acids is 1. The van der Waals surface area contributed by atoms with Crippen molar-refractivity contribution in [3.63, 3.8) is 0 Å². The van der Waals surface area contributed by atoms with Crippen molar-refractivity contribution in [3.05, 3.63) is 65.5 Å². The number of carboxylic acid groups (broad SMARTS) is 1. The number of unbranched alkanes of at least 4 members (excludes halogenated alkanes) is 2. The third-order valence-corrected chi connectivity index (χ3v) is 4.61. The summed E-state index contributed by atoms with van der Waals surface area (Å²) in [5.41, 5.74) is 5.51. The number of carbonyl (C=O) groups is 1. The van der Waals surface area contributed by atoms with Crippen LogP contribution in [0, 0.1) is 0 Å². The number of aromatic nitrogens is 1. The predicted octanol–water partition coefficient (Wildman–Crippen LogP) is 4.62. The second-order valence-electron chi connectivity index (χ2n) is 6.02. The number of anilines is 1. The summed E-state index contributed by atoms with van der Waals surface area (Å²) in [6.45, 7) is 0. The Balaban J connectivity index is 1.98. The number of thiocarbonyl (C=S) groups is 1. The number of allylic oxidation sites excluding steroid dienone is 1. The summed E-state index contributed by atoms with van der Waals surface area (Å²) in [4.78, 5) is 14.9. The molecule has 0 spiro atoms. The summed E-state index contributed by atoms with van der Waals surface area (Å²) in [7, 11) is 0. The normalized spacial score (nSPS) is 17.1. The zero-order valence-electron chi connectivity index (χ0n) is 13.8. The molecule has 0 bridgehead atoms. The number of fused-ring (bicyclic) bond motifs is 2. The molecule has 0 saturated heterocycles. The summed E-state index contributed by atoms with van der Waals surface area (Å²) in [5, 5.41) is 14.0. The van der Waals surface area contributed by atoms with E-state index in [0.29, 0.717) is 6.42 Å². The van der Waals surface area contributed by atoms with Crippen molar-refractivity contribution in [2.24, 2.45) is 0 Å². The summed E-state index contributed by atoms with van der Waals surface area (Å²) in [5.74, 6) is -0.739. The maximum atomic E-state index is 10.7. The smallest absolute Gasteiger partial charge is 0.303 e. The van der Waals surface area contributed by atoms with E-state index in [-0.39, 0.29) is 12.5 Å². The van der Waals surface area contributed by atoms with Gasteiger partial charge in [-0.3, -0.25) is 9.78 Å². The largest absolute Gasteiger partial charge is 0.481 e. The molecule has 2 heterocycles. The van der Waals surface area contributed by atoms with E-state index >= 15 is 0 Å². The molecule has 5 heteroatoms. The van der Waals surface area contributed by atoms with E-state index < -0.39 is 5.97 Å². The first-order chi connectivity index (χ1) is 12.2. The number of aliphatic carboxylic acids is 1. The van der Waals surface area contributed by atoms with Crippen molar-refractivity contribution in [1.29, 1.82) is 0 Å². The quantitative estimate of drug-likeness (QED) is 0.586. The summed E-state index contributed by atoms with van der Waals surface area (Å²) < 4.78 is 0. The third kappa shape index (κ3) is 3.94. The van der Waals surface area contributed by atoms with Crippen LogP contribution >= 0.6 is 12.2 Å². The minimum absolute atomic E-state index is 0.0715. The lowest BCUT2D eigenvalue weighted by atomic mass is 9.93. The van der Waals surface area contributed by atoms with Gasteiger partial charge in [-0.15, -0.1) is 0 Å². The number of pyridine rings is 1. The fourth-order valence-electron chi connectivity index (χ4n) is 3.13. The maximum absolute atomic E-state index is 10.7. The number of rotatable bonds is 6. The van der Waals surface area contributed by atoms with Crippen LogP contribution in [0.1, 0.15) is 48.4 Å². The zero-order chi connectivity index (χ0) is 17.6. The summed E-state index contributed by atoms with van der Waals surface area (Å²) >= 11 is 5.23. The van der Waals surface area contributed by atoms with E-state index in [0.717, 1.165) is 40.8 Å². The Bertz CT molecular complexity index is 817. The zero-order valence-corrected chi connectivity index (χ0v) is 14.6. The molecule has 1 unspecified atom stereocenters. The molecule has 0 fully saturated rings. The molecular formula is C20H20N2O2S. The van der Waals surface area contributed by atoms with E-state index in [4.69, 9.17) is 17.3 Å². The summed E-state index contributed by atoms with van der Waals surface area (Å²) in [6.07, 6.45) is 8.45. The van der Waals surface area contributed by atoms with E-state index in [9.17, 15) is 4.79 Å². The second-order valence-corrected chi connectivity index (χ2v) is 6.30. The van der Waals surface area contributed by atoms with Crippen LogP contribution in [0.2, 0.25) is 0 Å². The molecule has 128 valence electrons. The van der Waals surface area contributed by atoms with Crippen LogP contribution in [0.5, 0.6) is 0 Å². The highest BCUT2D eigenvalue weighted by atomic mass is 32.1. The van der Waals surface area contributed by atoms with Gasteiger partial charge in [-0.1, -0.05) is 36.5 Å². The number of benzene rings is 1. The van der Waals surface area contributed by atoms with Crippen molar-refractivity contribution in [1.82, 2.24) is 4.98 Å². The molecule has 0 aliphatic carbocycles. The number of nitrogens with zero attached hydrogens (tertiary/aromatic N) is 1. The fraction of sp³-hybridized carbons (Fsp3) is 0.250. The van der Waals surface area contributed by atoms with E-state index in [2.05, 4.69) is 28.5 Å². The van der Waals surface area contributed by atoms with Crippen molar-refractivity contribution >= 4 is 34.8 Å². The van der Waals surface area contributed by atoms with Gasteiger partial charge in [0.05, 0.1) is 6.04 Å². The fourth-order valence-corrected chi connectivity index (χ4v) is 3.34. The molecule has 4 nitrogen and oxygen atoms in total. The minimum Gasteiger partial charge on any atom is -0.481 e. The molecule has 1 aromatic carbocycles. The first kappa shape index (κ1) is 17.3. The molecule has 2 aromatic rings. The standard InChI is InChI=1S/C20H20N2O2S/c23-20(24)9-3-1-2-6-14-15-10-11-21-12-17(15)19(13-25)22-18-8-5-4-7-16(14)18/h4-8,10-13,19,22H,1-3,9H2,(H,23,24). The lowest BCUT2D eigenvalue weighted by Crippen LogP contribution is -2.11. The molecule has 1 aliphatic heterocycles. The molecule has 0 saturated carbocycles. The van der Waals surface area contributed by atoms with Gasteiger partial charge in [0.1, 0.15) is 0 Å². The average molecular weight is 352 g/mol. The van der Waals surface area contributed by atoms with Crippen molar-refractivity contribution < 1.29 is 9.90 Å². The molecule has 3 rings (SSSR count). The van der Waals surface area contributed by atoms with Crippen LogP contribution in [-0.4, -0.2) is 21.4 Å². The Labute approximate surface area is 152 Å². The Morgan fingerprint density at radius 2 is 2.08 bits per heavy atom. The molecule has 0 amide bonds. The van der Waals surface area contributed by atoms with Gasteiger partial charge in [-0.25, -0.2) is 0 Å². The van der Waals surface area contributed by atoms with Crippen LogP contribution in [0.3, 0.4) is 0 Å². The highest BCUT2D eigenvalue weighted by Crippen LogP contribution is 2.38. The lowest BCUT2D eigenvalue weighted by Gasteiger charge is -2.14. The van der Waals surface area contributed by atoms with Gasteiger partial charge in [0.2, 0.25) is 0 Å². The number of para-hydroxylation sites is 1. The molecule has 0 radical (unpaired) electrons. The van der Waals surface area contributed by atoms with E-state index in [1.807, 2.05) is 24.4 Å². The third-order valence-electron chi connectivity index (χ3n) is 4.33. The van der Waals surface area contributed by atoms with Crippen LogP contribution in [0.25, 0.3) is 5.57 Å². The van der Waals surface area contributed by atoms with E-state index in [1.165, 1.54) is 0 Å². The van der Waals surface area contributed by atoms with Crippen LogP contribution in [-0.2, 0) is 4.79 Å². The second kappa shape index (κ2) is 8.03. The Morgan fingerprint density at radius 3 is 2.88 bits per heavy atom.